The van der Waals surface area contributed by atoms with Crippen molar-refractivity contribution in [2.24, 2.45) is 22.5 Å². The van der Waals surface area contributed by atoms with Crippen LogP contribution in [0.15, 0.2) is 30.3 Å². The second kappa shape index (κ2) is 5.57. The summed E-state index contributed by atoms with van der Waals surface area (Å²) in [6, 6.07) is 12.0. The first-order valence-corrected chi connectivity index (χ1v) is 10.5. The molecule has 1 saturated heterocycles. The lowest BCUT2D eigenvalue weighted by molar-refractivity contribution is -0.129. The van der Waals surface area contributed by atoms with E-state index in [0.717, 1.165) is 5.92 Å². The van der Waals surface area contributed by atoms with Crippen LogP contribution in [0.4, 0.5) is 0 Å². The highest BCUT2D eigenvalue weighted by Gasteiger charge is 2.62. The number of hydrogen-bond donors (Lipinski definition) is 1. The molecule has 1 aromatic carbocycles. The second-order valence-electron chi connectivity index (χ2n) is 10.6. The van der Waals surface area contributed by atoms with E-state index < -0.39 is 0 Å². The van der Waals surface area contributed by atoms with Crippen molar-refractivity contribution < 1.29 is 0 Å². The van der Waals surface area contributed by atoms with Crippen molar-refractivity contribution in [3.05, 3.63) is 35.9 Å². The molecule has 0 amide bonds. The predicted octanol–water partition coefficient (Wildman–Crippen LogP) is 4.34. The molecule has 1 aliphatic heterocycles. The van der Waals surface area contributed by atoms with Gasteiger partial charge in [0.25, 0.3) is 0 Å². The van der Waals surface area contributed by atoms with Crippen LogP contribution in [0.1, 0.15) is 63.9 Å². The Morgan fingerprint density at radius 1 is 1.00 bits per heavy atom. The number of benzene rings is 1. The molecule has 2 N–H and O–H groups in total. The van der Waals surface area contributed by atoms with Crippen molar-refractivity contribution in [1.29, 1.82) is 0 Å². The quantitative estimate of drug-likeness (QED) is 0.888. The Kier molecular flexibility index (Phi) is 3.63. The van der Waals surface area contributed by atoms with Crippen LogP contribution in [0.5, 0.6) is 0 Å². The van der Waals surface area contributed by atoms with Crippen molar-refractivity contribution in [1.82, 2.24) is 4.90 Å². The molecular formula is C23H34N2. The first-order valence-electron chi connectivity index (χ1n) is 10.5. The number of rotatable bonds is 3. The predicted molar refractivity (Wildman–Crippen MR) is 104 cm³/mol. The van der Waals surface area contributed by atoms with Gasteiger partial charge in [-0.2, -0.15) is 0 Å². The molecule has 0 radical (unpaired) electrons. The van der Waals surface area contributed by atoms with Crippen LogP contribution in [0.25, 0.3) is 0 Å². The smallest absolute Gasteiger partial charge is 0.00631 e. The van der Waals surface area contributed by atoms with Gasteiger partial charge in [-0.05, 0) is 92.2 Å². The minimum atomic E-state index is 0.445. The Hall–Kier alpha value is -0.860. The molecule has 6 rings (SSSR count). The number of likely N-dealkylation sites (tertiary alicyclic amines) is 1. The standard InChI is InChI=1S/C23H34N2/c1-21-11-18-12-22(14-21,17-25-9-7-20(24)8-10-25)16-23(13-18,15-21)19-5-3-2-4-6-19/h2-6,18,20H,7-17,24H2,1H3. The summed E-state index contributed by atoms with van der Waals surface area (Å²) in [5, 5.41) is 0. The molecular weight excluding hydrogens is 304 g/mol. The third-order valence-electron chi connectivity index (χ3n) is 8.04. The summed E-state index contributed by atoms with van der Waals surface area (Å²) < 4.78 is 0. The van der Waals surface area contributed by atoms with Crippen LogP contribution in [0.3, 0.4) is 0 Å². The maximum absolute atomic E-state index is 6.15. The Morgan fingerprint density at radius 3 is 2.48 bits per heavy atom. The van der Waals surface area contributed by atoms with Gasteiger partial charge in [0.2, 0.25) is 0 Å². The largest absolute Gasteiger partial charge is 0.328 e. The molecule has 25 heavy (non-hydrogen) atoms. The van der Waals surface area contributed by atoms with E-state index >= 15 is 0 Å². The Labute approximate surface area is 153 Å². The summed E-state index contributed by atoms with van der Waals surface area (Å²) in [5.41, 5.74) is 9.38. The van der Waals surface area contributed by atoms with Crippen molar-refractivity contribution >= 4 is 0 Å². The van der Waals surface area contributed by atoms with E-state index in [1.807, 2.05) is 0 Å². The average molecular weight is 339 g/mol. The maximum atomic E-state index is 6.15. The lowest BCUT2D eigenvalue weighted by atomic mass is 9.39. The zero-order valence-corrected chi connectivity index (χ0v) is 15.8. The Morgan fingerprint density at radius 2 is 1.76 bits per heavy atom. The van der Waals surface area contributed by atoms with Crippen LogP contribution in [-0.2, 0) is 5.41 Å². The van der Waals surface area contributed by atoms with Crippen molar-refractivity contribution in [3.8, 4) is 0 Å². The molecule has 4 atom stereocenters. The molecule has 2 heteroatoms. The molecule has 4 aliphatic carbocycles. The summed E-state index contributed by atoms with van der Waals surface area (Å²) in [5.74, 6) is 0.952. The highest BCUT2D eigenvalue weighted by Crippen LogP contribution is 2.70. The summed E-state index contributed by atoms with van der Waals surface area (Å²) in [6.07, 6.45) is 11.1. The molecule has 5 fully saturated rings. The molecule has 4 bridgehead atoms. The third kappa shape index (κ3) is 2.77. The minimum Gasteiger partial charge on any atom is -0.328 e. The average Bonchev–Trinajstić information content (AvgIpc) is 2.55. The molecule has 136 valence electrons. The number of hydrogen-bond acceptors (Lipinski definition) is 2. The van der Waals surface area contributed by atoms with Gasteiger partial charge in [0.1, 0.15) is 0 Å². The van der Waals surface area contributed by atoms with Gasteiger partial charge in [0, 0.05) is 12.6 Å². The molecule has 5 aliphatic rings. The van der Waals surface area contributed by atoms with Crippen molar-refractivity contribution in [2.75, 3.05) is 19.6 Å². The van der Waals surface area contributed by atoms with E-state index in [1.54, 1.807) is 5.56 Å². The molecule has 2 nitrogen and oxygen atoms in total. The van der Waals surface area contributed by atoms with Crippen molar-refractivity contribution in [2.45, 2.75) is 69.7 Å². The minimum absolute atomic E-state index is 0.445. The van der Waals surface area contributed by atoms with Gasteiger partial charge in [-0.1, -0.05) is 37.3 Å². The van der Waals surface area contributed by atoms with Crippen LogP contribution in [0.2, 0.25) is 0 Å². The first-order chi connectivity index (χ1) is 12.0. The highest BCUT2D eigenvalue weighted by molar-refractivity contribution is 5.31. The van der Waals surface area contributed by atoms with Crippen LogP contribution in [-0.4, -0.2) is 30.6 Å². The number of piperidine rings is 1. The fraction of sp³-hybridized carbons (Fsp3) is 0.739. The van der Waals surface area contributed by atoms with E-state index in [0.29, 0.717) is 22.3 Å². The van der Waals surface area contributed by atoms with E-state index in [-0.39, 0.29) is 0 Å². The fourth-order valence-corrected chi connectivity index (χ4v) is 8.01. The van der Waals surface area contributed by atoms with E-state index in [4.69, 9.17) is 5.73 Å². The lowest BCUT2D eigenvalue weighted by Crippen LogP contribution is -2.61. The summed E-state index contributed by atoms with van der Waals surface area (Å²) in [6.45, 7) is 6.39. The fourth-order valence-electron chi connectivity index (χ4n) is 8.01. The first kappa shape index (κ1) is 16.3. The monoisotopic (exact) mass is 338 g/mol. The number of nitrogens with zero attached hydrogens (tertiary/aromatic N) is 1. The zero-order valence-electron chi connectivity index (χ0n) is 15.8. The van der Waals surface area contributed by atoms with Gasteiger partial charge < -0.3 is 10.6 Å². The van der Waals surface area contributed by atoms with Crippen LogP contribution in [0, 0.1) is 16.7 Å². The van der Waals surface area contributed by atoms with Crippen LogP contribution < -0.4 is 5.73 Å². The van der Waals surface area contributed by atoms with Crippen molar-refractivity contribution in [3.63, 3.8) is 0 Å². The van der Waals surface area contributed by atoms with E-state index in [1.165, 1.54) is 71.0 Å². The van der Waals surface area contributed by atoms with Gasteiger partial charge in [-0.25, -0.2) is 0 Å². The Balaban J connectivity index is 1.45. The van der Waals surface area contributed by atoms with Gasteiger partial charge in [0.05, 0.1) is 0 Å². The molecule has 1 aromatic rings. The molecule has 0 aromatic heterocycles. The van der Waals surface area contributed by atoms with E-state index in [9.17, 15) is 0 Å². The van der Waals surface area contributed by atoms with Gasteiger partial charge >= 0.3 is 0 Å². The van der Waals surface area contributed by atoms with E-state index in [2.05, 4.69) is 42.2 Å². The molecule has 1 heterocycles. The molecule has 4 unspecified atom stereocenters. The second-order valence-corrected chi connectivity index (χ2v) is 10.6. The summed E-state index contributed by atoms with van der Waals surface area (Å²) in [7, 11) is 0. The zero-order chi connectivity index (χ0) is 17.1. The Bertz CT molecular complexity index is 635. The highest BCUT2D eigenvalue weighted by atomic mass is 15.1. The summed E-state index contributed by atoms with van der Waals surface area (Å²) >= 11 is 0. The van der Waals surface area contributed by atoms with Gasteiger partial charge in [-0.3, -0.25) is 0 Å². The molecule has 4 saturated carbocycles. The lowest BCUT2D eigenvalue weighted by Gasteiger charge is -2.67. The number of nitrogens with two attached hydrogens (primary N) is 1. The topological polar surface area (TPSA) is 29.3 Å². The summed E-state index contributed by atoms with van der Waals surface area (Å²) in [4.78, 5) is 2.76. The normalized spacial score (nSPS) is 44.3. The van der Waals surface area contributed by atoms with Gasteiger partial charge in [-0.15, -0.1) is 0 Å². The molecule has 0 spiro atoms. The SMILES string of the molecule is CC12CC3CC(CN4CCC(N)CC4)(C1)CC(c1ccccc1)(C3)C2. The maximum Gasteiger partial charge on any atom is 0.00631 e. The van der Waals surface area contributed by atoms with Crippen LogP contribution >= 0.6 is 0 Å². The third-order valence-corrected chi connectivity index (χ3v) is 8.04. The van der Waals surface area contributed by atoms with Gasteiger partial charge in [0.15, 0.2) is 0 Å².